The van der Waals surface area contributed by atoms with E-state index in [4.69, 9.17) is 14.7 Å². The lowest BCUT2D eigenvalue weighted by Crippen LogP contribution is -2.39. The van der Waals surface area contributed by atoms with Crippen molar-refractivity contribution in [1.82, 2.24) is 9.97 Å². The van der Waals surface area contributed by atoms with Gasteiger partial charge in [0.1, 0.15) is 0 Å². The number of ether oxygens (including phenoxy) is 1. The summed E-state index contributed by atoms with van der Waals surface area (Å²) in [6.45, 7) is 2.27. The largest absolute Gasteiger partial charge is 0.469 e. The van der Waals surface area contributed by atoms with Crippen molar-refractivity contribution >= 4 is 27.8 Å². The predicted molar refractivity (Wildman–Crippen MR) is 167 cm³/mol. The van der Waals surface area contributed by atoms with Gasteiger partial charge in [0.2, 0.25) is 0 Å². The molecule has 0 aliphatic heterocycles. The van der Waals surface area contributed by atoms with E-state index < -0.39 is 5.41 Å². The third-order valence-electron chi connectivity index (χ3n) is 9.76. The first-order valence-corrected chi connectivity index (χ1v) is 14.6. The van der Waals surface area contributed by atoms with Gasteiger partial charge >= 0.3 is 5.97 Å². The molecule has 2 heterocycles. The molecule has 2 atom stereocenters. The molecule has 4 heteroatoms. The highest BCUT2D eigenvalue weighted by Gasteiger charge is 2.54. The van der Waals surface area contributed by atoms with Crippen LogP contribution in [0.1, 0.15) is 48.4 Å². The van der Waals surface area contributed by atoms with E-state index in [0.29, 0.717) is 6.42 Å². The highest BCUT2D eigenvalue weighted by atomic mass is 16.5. The van der Waals surface area contributed by atoms with Crippen LogP contribution in [0.15, 0.2) is 109 Å². The van der Waals surface area contributed by atoms with Gasteiger partial charge in [-0.2, -0.15) is 0 Å². The minimum atomic E-state index is -0.646. The van der Waals surface area contributed by atoms with Crippen LogP contribution >= 0.6 is 0 Å². The van der Waals surface area contributed by atoms with Crippen LogP contribution in [0.4, 0.5) is 0 Å². The molecule has 42 heavy (non-hydrogen) atoms. The Morgan fingerprint density at radius 2 is 1.12 bits per heavy atom. The third kappa shape index (κ3) is 3.32. The van der Waals surface area contributed by atoms with Crippen LogP contribution in [0.25, 0.3) is 44.3 Å². The van der Waals surface area contributed by atoms with Gasteiger partial charge in [-0.1, -0.05) is 91.9 Å². The Hall–Kier alpha value is -4.83. The summed E-state index contributed by atoms with van der Waals surface area (Å²) in [5.74, 6) is -0.222. The van der Waals surface area contributed by atoms with Gasteiger partial charge in [-0.3, -0.25) is 4.79 Å². The van der Waals surface area contributed by atoms with E-state index in [0.717, 1.165) is 56.3 Å². The number of rotatable bonds is 5. The maximum Gasteiger partial charge on any atom is 0.306 e. The van der Waals surface area contributed by atoms with Gasteiger partial charge in [-0.05, 0) is 59.4 Å². The van der Waals surface area contributed by atoms with Crippen LogP contribution in [0.3, 0.4) is 0 Å². The van der Waals surface area contributed by atoms with Crippen molar-refractivity contribution < 1.29 is 9.53 Å². The number of nitrogens with zero attached hydrogens (tertiary/aromatic N) is 2. The third-order valence-corrected chi connectivity index (χ3v) is 9.76. The van der Waals surface area contributed by atoms with E-state index in [1.165, 1.54) is 23.8 Å². The zero-order valence-corrected chi connectivity index (χ0v) is 23.7. The molecule has 4 nitrogen and oxygen atoms in total. The van der Waals surface area contributed by atoms with Crippen molar-refractivity contribution in [3.8, 4) is 22.5 Å². The van der Waals surface area contributed by atoms with Gasteiger partial charge in [0.25, 0.3) is 0 Å². The molecule has 0 N–H and O–H groups in total. The smallest absolute Gasteiger partial charge is 0.306 e. The molecule has 0 spiro atoms. The lowest BCUT2D eigenvalue weighted by Gasteiger charge is -2.41. The van der Waals surface area contributed by atoms with Gasteiger partial charge in [0.05, 0.1) is 36.0 Å². The van der Waals surface area contributed by atoms with Crippen molar-refractivity contribution in [2.75, 3.05) is 7.11 Å². The van der Waals surface area contributed by atoms with Crippen LogP contribution in [-0.4, -0.2) is 23.0 Å². The molecule has 2 unspecified atom stereocenters. The number of esters is 1. The number of pyridine rings is 2. The fraction of sp³-hybridized carbons (Fsp3) is 0.184. The molecule has 4 aromatic carbocycles. The number of carbonyl (C=O) groups is 1. The number of fused-ring (bicyclic) bond motifs is 8. The average molecular weight is 547 g/mol. The van der Waals surface area contributed by atoms with Crippen LogP contribution in [0.5, 0.6) is 0 Å². The molecule has 0 radical (unpaired) electrons. The summed E-state index contributed by atoms with van der Waals surface area (Å²) >= 11 is 0. The molecular formula is C38H30N2O2. The number of aromatic nitrogens is 2. The zero-order valence-electron chi connectivity index (χ0n) is 23.7. The van der Waals surface area contributed by atoms with Crippen molar-refractivity contribution in [2.24, 2.45) is 0 Å². The molecule has 0 saturated heterocycles. The molecule has 6 aromatic rings. The van der Waals surface area contributed by atoms with Gasteiger partial charge in [-0.15, -0.1) is 0 Å². The molecule has 0 bridgehead atoms. The molecule has 2 aliphatic rings. The number of carbonyl (C=O) groups excluding carboxylic acids is 1. The summed E-state index contributed by atoms with van der Waals surface area (Å²) in [6.07, 6.45) is 1.78. The Bertz CT molecular complexity index is 2060. The minimum Gasteiger partial charge on any atom is -0.469 e. The summed E-state index contributed by atoms with van der Waals surface area (Å²) in [7, 11) is 1.49. The summed E-state index contributed by atoms with van der Waals surface area (Å²) < 4.78 is 5.41. The van der Waals surface area contributed by atoms with E-state index in [1.807, 2.05) is 18.2 Å². The van der Waals surface area contributed by atoms with E-state index in [9.17, 15) is 4.79 Å². The molecule has 204 valence electrons. The van der Waals surface area contributed by atoms with Crippen molar-refractivity contribution in [3.05, 3.63) is 131 Å². The number of hydrogen-bond donors (Lipinski definition) is 0. The second-order valence-corrected chi connectivity index (χ2v) is 11.7. The summed E-state index contributed by atoms with van der Waals surface area (Å²) in [4.78, 5) is 23.9. The van der Waals surface area contributed by atoms with Crippen molar-refractivity contribution in [1.29, 1.82) is 0 Å². The quantitative estimate of drug-likeness (QED) is 0.204. The topological polar surface area (TPSA) is 52.1 Å². The number of benzene rings is 4. The molecule has 2 aromatic heterocycles. The molecule has 8 rings (SSSR count). The number of hydrogen-bond acceptors (Lipinski definition) is 4. The van der Waals surface area contributed by atoms with Crippen LogP contribution in [-0.2, 0) is 20.4 Å². The van der Waals surface area contributed by atoms with E-state index in [2.05, 4.69) is 97.9 Å². The lowest BCUT2D eigenvalue weighted by atomic mass is 9.60. The maximum atomic E-state index is 13.4. The Kier molecular flexibility index (Phi) is 5.39. The first kappa shape index (κ1) is 24.9. The van der Waals surface area contributed by atoms with Crippen LogP contribution < -0.4 is 0 Å². The number of para-hydroxylation sites is 2. The monoisotopic (exact) mass is 546 g/mol. The lowest BCUT2D eigenvalue weighted by molar-refractivity contribution is -0.141. The Morgan fingerprint density at radius 3 is 1.67 bits per heavy atom. The van der Waals surface area contributed by atoms with Gasteiger partial charge < -0.3 is 4.74 Å². The SMILES string of the molecule is CCC1(CC2(CC(=O)OC)c3ccccc3-c3nc4ccccc4cc32)c2ccccc2-c2nc3ccccc3cc21. The fourth-order valence-electron chi connectivity index (χ4n) is 7.85. The molecule has 2 aliphatic carbocycles. The molecule has 0 saturated carbocycles. The second-order valence-electron chi connectivity index (χ2n) is 11.7. The first-order chi connectivity index (χ1) is 20.6. The van der Waals surface area contributed by atoms with Gasteiger partial charge in [-0.25, -0.2) is 9.97 Å². The minimum absolute atomic E-state index is 0.222. The normalized spacial score (nSPS) is 19.8. The summed E-state index contributed by atoms with van der Waals surface area (Å²) in [5.41, 5.74) is 9.94. The summed E-state index contributed by atoms with van der Waals surface area (Å²) in [6, 6.07) is 38.4. The Morgan fingerprint density at radius 1 is 0.643 bits per heavy atom. The van der Waals surface area contributed by atoms with Gasteiger partial charge in [0.15, 0.2) is 0 Å². The fourth-order valence-corrected chi connectivity index (χ4v) is 7.85. The molecule has 0 fully saturated rings. The number of methoxy groups -OCH3 is 1. The van der Waals surface area contributed by atoms with Crippen molar-refractivity contribution in [2.45, 2.75) is 37.0 Å². The Balaban J connectivity index is 1.45. The first-order valence-electron chi connectivity index (χ1n) is 14.6. The highest BCUT2D eigenvalue weighted by molar-refractivity contribution is 5.92. The second kappa shape index (κ2) is 9.09. The maximum absolute atomic E-state index is 13.4. The van der Waals surface area contributed by atoms with E-state index in [1.54, 1.807) is 0 Å². The van der Waals surface area contributed by atoms with Crippen LogP contribution in [0, 0.1) is 0 Å². The van der Waals surface area contributed by atoms with E-state index in [-0.39, 0.29) is 17.8 Å². The predicted octanol–water partition coefficient (Wildman–Crippen LogP) is 8.38. The van der Waals surface area contributed by atoms with Crippen LogP contribution in [0.2, 0.25) is 0 Å². The van der Waals surface area contributed by atoms with E-state index >= 15 is 0 Å². The zero-order chi connectivity index (χ0) is 28.5. The molecule has 0 amide bonds. The van der Waals surface area contributed by atoms with Gasteiger partial charge in [0, 0.05) is 32.7 Å². The van der Waals surface area contributed by atoms with Crippen molar-refractivity contribution in [3.63, 3.8) is 0 Å². The standard InChI is InChI=1S/C38H30N2O2/c1-3-37(28-16-8-6-14-26(28)35-30(37)20-24-12-4-10-18-32(24)39-35)23-38(22-34(41)42-2)29-17-9-7-15-27(29)36-31(38)21-25-13-5-11-19-33(25)40-36/h4-21H,3,22-23H2,1-2H3. The highest BCUT2D eigenvalue weighted by Crippen LogP contribution is 2.61. The summed E-state index contributed by atoms with van der Waals surface area (Å²) in [5, 5.41) is 2.20. The Labute approximate surface area is 245 Å². The average Bonchev–Trinajstić information content (AvgIpc) is 3.45. The molecular weight excluding hydrogens is 516 g/mol.